The lowest BCUT2D eigenvalue weighted by Gasteiger charge is -2.07. The molecule has 19 heavy (non-hydrogen) atoms. The first-order chi connectivity index (χ1) is 9.27. The average molecular weight is 337 g/mol. The second-order valence-corrected chi connectivity index (χ2v) is 6.88. The molecular formula is C16H15BrClN. The fourth-order valence-electron chi connectivity index (χ4n) is 2.65. The minimum atomic E-state index is 0.0700. The van der Waals surface area contributed by atoms with E-state index in [0.717, 1.165) is 19.4 Å². The molecule has 0 bridgehead atoms. The maximum absolute atomic E-state index is 5.96. The highest BCUT2D eigenvalue weighted by Gasteiger charge is 2.09. The SMILES string of the molecule is ClC(Br)CCCn1c2ccccc2c2ccccc21. The molecule has 1 unspecified atom stereocenters. The van der Waals surface area contributed by atoms with Crippen LogP contribution in [0, 0.1) is 0 Å². The van der Waals surface area contributed by atoms with Crippen molar-refractivity contribution in [1.29, 1.82) is 0 Å². The van der Waals surface area contributed by atoms with Crippen molar-refractivity contribution >= 4 is 49.3 Å². The first-order valence-corrected chi connectivity index (χ1v) is 7.86. The van der Waals surface area contributed by atoms with Gasteiger partial charge in [-0.15, -0.1) is 11.6 Å². The Morgan fingerprint density at radius 2 is 1.47 bits per heavy atom. The molecule has 0 aliphatic carbocycles. The van der Waals surface area contributed by atoms with E-state index in [1.807, 2.05) is 0 Å². The summed E-state index contributed by atoms with van der Waals surface area (Å²) in [6, 6.07) is 17.2. The van der Waals surface area contributed by atoms with Crippen molar-refractivity contribution < 1.29 is 0 Å². The summed E-state index contributed by atoms with van der Waals surface area (Å²) in [5.74, 6) is 0. The summed E-state index contributed by atoms with van der Waals surface area (Å²) in [6.07, 6.45) is 2.05. The van der Waals surface area contributed by atoms with Gasteiger partial charge in [-0.05, 0) is 25.0 Å². The molecule has 0 aliphatic heterocycles. The zero-order valence-electron chi connectivity index (χ0n) is 10.5. The molecule has 0 radical (unpaired) electrons. The summed E-state index contributed by atoms with van der Waals surface area (Å²) in [5, 5.41) is 2.67. The van der Waals surface area contributed by atoms with Crippen molar-refractivity contribution in [2.75, 3.05) is 0 Å². The van der Waals surface area contributed by atoms with Gasteiger partial charge in [-0.3, -0.25) is 0 Å². The zero-order valence-corrected chi connectivity index (χ0v) is 12.9. The highest BCUT2D eigenvalue weighted by molar-refractivity contribution is 9.10. The molecule has 0 spiro atoms. The van der Waals surface area contributed by atoms with Crippen molar-refractivity contribution in [2.45, 2.75) is 23.7 Å². The quantitative estimate of drug-likeness (QED) is 0.552. The van der Waals surface area contributed by atoms with Crippen molar-refractivity contribution in [3.05, 3.63) is 48.5 Å². The van der Waals surface area contributed by atoms with E-state index >= 15 is 0 Å². The van der Waals surface area contributed by atoms with Gasteiger partial charge in [-0.1, -0.05) is 52.3 Å². The minimum absolute atomic E-state index is 0.0700. The molecular weight excluding hydrogens is 322 g/mol. The van der Waals surface area contributed by atoms with Gasteiger partial charge in [-0.2, -0.15) is 0 Å². The Balaban J connectivity index is 2.09. The van der Waals surface area contributed by atoms with E-state index in [1.54, 1.807) is 0 Å². The number of para-hydroxylation sites is 2. The lowest BCUT2D eigenvalue weighted by Crippen LogP contribution is -1.99. The second-order valence-electron chi connectivity index (χ2n) is 4.72. The number of hydrogen-bond donors (Lipinski definition) is 0. The minimum Gasteiger partial charge on any atom is -0.340 e. The number of halogens is 2. The number of fused-ring (bicyclic) bond motifs is 3. The molecule has 0 amide bonds. The van der Waals surface area contributed by atoms with Gasteiger partial charge in [0.1, 0.15) is 0 Å². The molecule has 0 saturated carbocycles. The second kappa shape index (κ2) is 5.56. The van der Waals surface area contributed by atoms with Gasteiger partial charge in [0.15, 0.2) is 0 Å². The Hall–Kier alpha value is -0.990. The average Bonchev–Trinajstić information content (AvgIpc) is 2.74. The van der Waals surface area contributed by atoms with Gasteiger partial charge < -0.3 is 4.57 Å². The first-order valence-electron chi connectivity index (χ1n) is 6.51. The highest BCUT2D eigenvalue weighted by Crippen LogP contribution is 2.29. The standard InChI is InChI=1S/C16H15BrClN/c17-16(18)10-5-11-19-14-8-3-1-6-12(14)13-7-2-4-9-15(13)19/h1-4,6-9,16H,5,10-11H2. The van der Waals surface area contributed by atoms with Crippen LogP contribution in [0.1, 0.15) is 12.8 Å². The van der Waals surface area contributed by atoms with Crippen LogP contribution in [0.25, 0.3) is 21.8 Å². The summed E-state index contributed by atoms with van der Waals surface area (Å²) in [4.78, 5) is 0. The van der Waals surface area contributed by atoms with Crippen LogP contribution in [0.5, 0.6) is 0 Å². The number of rotatable bonds is 4. The van der Waals surface area contributed by atoms with Gasteiger partial charge in [0.2, 0.25) is 0 Å². The number of nitrogens with zero attached hydrogens (tertiary/aromatic N) is 1. The molecule has 98 valence electrons. The summed E-state index contributed by atoms with van der Waals surface area (Å²) in [6.45, 7) is 1.00. The zero-order chi connectivity index (χ0) is 13.2. The van der Waals surface area contributed by atoms with Crippen LogP contribution >= 0.6 is 27.5 Å². The number of aromatic nitrogens is 1. The fraction of sp³-hybridized carbons (Fsp3) is 0.250. The van der Waals surface area contributed by atoms with Crippen LogP contribution in [0.15, 0.2) is 48.5 Å². The number of alkyl halides is 2. The van der Waals surface area contributed by atoms with E-state index in [1.165, 1.54) is 21.8 Å². The molecule has 1 atom stereocenters. The first kappa shape index (κ1) is 13.0. The normalized spacial score (nSPS) is 13.2. The predicted octanol–water partition coefficient (Wildman–Crippen LogP) is 5.53. The maximum Gasteiger partial charge on any atom is 0.0886 e. The van der Waals surface area contributed by atoms with E-state index in [0.29, 0.717) is 0 Å². The Morgan fingerprint density at radius 3 is 2.00 bits per heavy atom. The van der Waals surface area contributed by atoms with Crippen LogP contribution < -0.4 is 0 Å². The smallest absolute Gasteiger partial charge is 0.0886 e. The Morgan fingerprint density at radius 1 is 0.947 bits per heavy atom. The van der Waals surface area contributed by atoms with Crippen molar-refractivity contribution in [3.63, 3.8) is 0 Å². The van der Waals surface area contributed by atoms with Gasteiger partial charge in [-0.25, -0.2) is 0 Å². The maximum atomic E-state index is 5.96. The molecule has 0 saturated heterocycles. The van der Waals surface area contributed by atoms with Crippen LogP contribution in [0.3, 0.4) is 0 Å². The van der Waals surface area contributed by atoms with Gasteiger partial charge in [0.05, 0.1) is 4.29 Å². The van der Waals surface area contributed by atoms with Gasteiger partial charge in [0.25, 0.3) is 0 Å². The van der Waals surface area contributed by atoms with Crippen LogP contribution in [0.4, 0.5) is 0 Å². The molecule has 0 fully saturated rings. The van der Waals surface area contributed by atoms with Gasteiger partial charge >= 0.3 is 0 Å². The van der Waals surface area contributed by atoms with E-state index in [-0.39, 0.29) is 4.29 Å². The van der Waals surface area contributed by atoms with Crippen LogP contribution in [-0.4, -0.2) is 8.85 Å². The summed E-state index contributed by atoms with van der Waals surface area (Å²) in [5.41, 5.74) is 2.62. The molecule has 0 aliphatic rings. The van der Waals surface area contributed by atoms with Crippen molar-refractivity contribution in [3.8, 4) is 0 Å². The van der Waals surface area contributed by atoms with E-state index in [9.17, 15) is 0 Å². The lowest BCUT2D eigenvalue weighted by molar-refractivity contribution is 0.661. The number of hydrogen-bond acceptors (Lipinski definition) is 0. The third-order valence-corrected chi connectivity index (χ3v) is 4.16. The monoisotopic (exact) mass is 335 g/mol. The molecule has 1 nitrogen and oxygen atoms in total. The summed E-state index contributed by atoms with van der Waals surface area (Å²) < 4.78 is 2.47. The van der Waals surface area contributed by atoms with Crippen molar-refractivity contribution in [2.24, 2.45) is 0 Å². The van der Waals surface area contributed by atoms with E-state index in [2.05, 4.69) is 69.0 Å². The molecule has 0 N–H and O–H groups in total. The molecule has 1 heterocycles. The molecule has 3 heteroatoms. The highest BCUT2D eigenvalue weighted by atomic mass is 79.9. The summed E-state index contributed by atoms with van der Waals surface area (Å²) in [7, 11) is 0. The molecule has 1 aromatic heterocycles. The molecule has 3 aromatic rings. The number of aryl methyl sites for hydroxylation is 1. The largest absolute Gasteiger partial charge is 0.340 e. The predicted molar refractivity (Wildman–Crippen MR) is 87.2 cm³/mol. The van der Waals surface area contributed by atoms with Crippen LogP contribution in [0.2, 0.25) is 0 Å². The Labute approximate surface area is 126 Å². The Kier molecular flexibility index (Phi) is 3.81. The Bertz CT molecular complexity index is 649. The fourth-order valence-corrected chi connectivity index (χ4v) is 3.13. The van der Waals surface area contributed by atoms with Crippen LogP contribution in [-0.2, 0) is 6.54 Å². The van der Waals surface area contributed by atoms with E-state index < -0.39 is 0 Å². The van der Waals surface area contributed by atoms with Crippen molar-refractivity contribution in [1.82, 2.24) is 4.57 Å². The molecule has 2 aromatic carbocycles. The van der Waals surface area contributed by atoms with E-state index in [4.69, 9.17) is 11.6 Å². The topological polar surface area (TPSA) is 4.93 Å². The lowest BCUT2D eigenvalue weighted by atomic mass is 10.2. The summed E-state index contributed by atoms with van der Waals surface area (Å²) >= 11 is 9.36. The third-order valence-electron chi connectivity index (χ3n) is 3.48. The molecule has 3 rings (SSSR count). The number of benzene rings is 2. The van der Waals surface area contributed by atoms with Gasteiger partial charge in [0, 0.05) is 28.4 Å². The third kappa shape index (κ3) is 2.52.